The van der Waals surface area contributed by atoms with Crippen molar-refractivity contribution in [2.75, 3.05) is 13.2 Å². The zero-order valence-electron chi connectivity index (χ0n) is 50.6. The molecule has 0 amide bonds. The first-order valence-corrected chi connectivity index (χ1v) is 32.2. The molecule has 0 saturated heterocycles. The first-order valence-electron chi connectivity index (χ1n) is 32.2. The highest BCUT2D eigenvalue weighted by atomic mass is 16.6. The Bertz CT molecular complexity index is 1670. The van der Waals surface area contributed by atoms with Gasteiger partial charge in [-0.3, -0.25) is 14.4 Å². The molecule has 1 atom stereocenters. The number of unbranched alkanes of at least 4 members (excludes halogenated alkanes) is 24. The van der Waals surface area contributed by atoms with E-state index in [1.807, 2.05) is 0 Å². The van der Waals surface area contributed by atoms with Crippen molar-refractivity contribution in [2.24, 2.45) is 0 Å². The van der Waals surface area contributed by atoms with E-state index >= 15 is 0 Å². The monoisotopic (exact) mass is 1080 g/mol. The van der Waals surface area contributed by atoms with E-state index in [-0.39, 0.29) is 31.1 Å². The van der Waals surface area contributed by atoms with E-state index in [9.17, 15) is 14.4 Å². The normalized spacial score (nSPS) is 13.0. The fraction of sp³-hybridized carbons (Fsp3) is 0.653. The Morgan fingerprint density at radius 3 is 0.808 bits per heavy atom. The molecule has 0 aromatic rings. The third kappa shape index (κ3) is 62.4. The molecule has 0 spiro atoms. The van der Waals surface area contributed by atoms with Gasteiger partial charge in [0.2, 0.25) is 0 Å². The van der Waals surface area contributed by atoms with Gasteiger partial charge in [-0.15, -0.1) is 0 Å². The van der Waals surface area contributed by atoms with Crippen LogP contribution in [0.15, 0.2) is 134 Å². The maximum atomic E-state index is 12.8. The van der Waals surface area contributed by atoms with Crippen molar-refractivity contribution >= 4 is 17.9 Å². The van der Waals surface area contributed by atoms with Crippen LogP contribution in [-0.4, -0.2) is 37.2 Å². The summed E-state index contributed by atoms with van der Waals surface area (Å²) in [6.45, 7) is 6.46. The number of ether oxygens (including phenoxy) is 3. The van der Waals surface area contributed by atoms with Crippen LogP contribution in [0.1, 0.15) is 284 Å². The van der Waals surface area contributed by atoms with Gasteiger partial charge in [0.25, 0.3) is 0 Å². The first kappa shape index (κ1) is 73.5. The first-order chi connectivity index (χ1) is 38.5. The highest BCUT2D eigenvalue weighted by Gasteiger charge is 2.19. The van der Waals surface area contributed by atoms with Gasteiger partial charge in [-0.1, -0.05) is 276 Å². The smallest absolute Gasteiger partial charge is 0.306 e. The van der Waals surface area contributed by atoms with Gasteiger partial charge in [0, 0.05) is 19.3 Å². The number of allylic oxidation sites excluding steroid dienone is 22. The summed E-state index contributed by atoms with van der Waals surface area (Å²) in [4.78, 5) is 38.1. The summed E-state index contributed by atoms with van der Waals surface area (Å²) in [6, 6.07) is 0. The standard InChI is InChI=1S/C72H118O6/c1-4-7-10-13-16-19-21-23-25-27-28-29-30-31-32-33-34-35-36-37-38-39-40-41-42-43-44-46-47-49-51-53-56-59-62-65-71(74)77-68-69(67-76-70(73)64-61-58-55-18-15-12-9-6-3)78-72(75)66-63-60-57-54-52-50-48-45-26-24-22-20-17-14-11-8-5-2/h7,10,16-17,19-20,23-26,28-29,31-32,34-35,37-38,40-41,43-44,69H,4-6,8-9,11-15,18,21-22,27,30,33,36,39,42,45-68H2,1-3H3/b10-7-,19-16-,20-17-,25-23-,26-24-,29-28-,32-31-,35-34-,38-37-,41-40-,44-43-. The number of hydrogen-bond acceptors (Lipinski definition) is 6. The summed E-state index contributed by atoms with van der Waals surface area (Å²) in [6.07, 6.45) is 91.9. The average Bonchev–Trinajstić information content (AvgIpc) is 3.44. The zero-order valence-corrected chi connectivity index (χ0v) is 50.6. The van der Waals surface area contributed by atoms with Crippen molar-refractivity contribution in [3.05, 3.63) is 134 Å². The molecule has 6 heteroatoms. The Hall–Kier alpha value is -4.45. The minimum atomic E-state index is -0.788. The van der Waals surface area contributed by atoms with E-state index in [0.29, 0.717) is 19.3 Å². The molecule has 0 saturated carbocycles. The molecule has 0 radical (unpaired) electrons. The van der Waals surface area contributed by atoms with Crippen molar-refractivity contribution in [3.63, 3.8) is 0 Å². The Balaban J connectivity index is 4.19. The minimum Gasteiger partial charge on any atom is -0.462 e. The number of hydrogen-bond donors (Lipinski definition) is 0. The van der Waals surface area contributed by atoms with E-state index in [1.165, 1.54) is 109 Å². The Labute approximate surface area is 481 Å². The summed E-state index contributed by atoms with van der Waals surface area (Å²) in [5, 5.41) is 0. The van der Waals surface area contributed by atoms with Crippen LogP contribution in [0.4, 0.5) is 0 Å². The van der Waals surface area contributed by atoms with Crippen LogP contribution in [-0.2, 0) is 28.6 Å². The minimum absolute atomic E-state index is 0.0855. The lowest BCUT2D eigenvalue weighted by Crippen LogP contribution is -2.30. The second-order valence-electron chi connectivity index (χ2n) is 20.9. The largest absolute Gasteiger partial charge is 0.462 e. The van der Waals surface area contributed by atoms with Crippen molar-refractivity contribution in [3.8, 4) is 0 Å². The molecule has 6 nitrogen and oxygen atoms in total. The quantitative estimate of drug-likeness (QED) is 0.0261. The van der Waals surface area contributed by atoms with Crippen LogP contribution in [0.5, 0.6) is 0 Å². The Morgan fingerprint density at radius 1 is 0.269 bits per heavy atom. The molecule has 0 heterocycles. The number of carbonyl (C=O) groups excluding carboxylic acids is 3. The van der Waals surface area contributed by atoms with Gasteiger partial charge in [-0.05, 0) is 122 Å². The third-order valence-electron chi connectivity index (χ3n) is 13.4. The van der Waals surface area contributed by atoms with Crippen LogP contribution >= 0.6 is 0 Å². The zero-order chi connectivity index (χ0) is 56.4. The molecule has 0 aliphatic carbocycles. The molecule has 0 N–H and O–H groups in total. The van der Waals surface area contributed by atoms with Gasteiger partial charge in [-0.2, -0.15) is 0 Å². The lowest BCUT2D eigenvalue weighted by molar-refractivity contribution is -0.167. The molecule has 78 heavy (non-hydrogen) atoms. The lowest BCUT2D eigenvalue weighted by atomic mass is 10.1. The molecule has 0 aromatic heterocycles. The van der Waals surface area contributed by atoms with Crippen LogP contribution < -0.4 is 0 Å². The van der Waals surface area contributed by atoms with Gasteiger partial charge in [0.15, 0.2) is 6.10 Å². The molecule has 1 unspecified atom stereocenters. The molecule has 0 rings (SSSR count). The van der Waals surface area contributed by atoms with Crippen LogP contribution in [0, 0.1) is 0 Å². The summed E-state index contributed by atoms with van der Waals surface area (Å²) < 4.78 is 16.8. The number of esters is 3. The lowest BCUT2D eigenvalue weighted by Gasteiger charge is -2.18. The Kier molecular flexibility index (Phi) is 61.4. The van der Waals surface area contributed by atoms with Gasteiger partial charge < -0.3 is 14.2 Å². The van der Waals surface area contributed by atoms with E-state index in [1.54, 1.807) is 0 Å². The summed E-state index contributed by atoms with van der Waals surface area (Å²) >= 11 is 0. The fourth-order valence-corrected chi connectivity index (χ4v) is 8.58. The molecular formula is C72H118O6. The molecule has 0 aromatic carbocycles. The molecule has 442 valence electrons. The second-order valence-corrected chi connectivity index (χ2v) is 20.9. The van der Waals surface area contributed by atoms with E-state index in [2.05, 4.69) is 154 Å². The van der Waals surface area contributed by atoms with Crippen molar-refractivity contribution in [1.82, 2.24) is 0 Å². The van der Waals surface area contributed by atoms with Gasteiger partial charge in [0.1, 0.15) is 13.2 Å². The van der Waals surface area contributed by atoms with Gasteiger partial charge in [-0.25, -0.2) is 0 Å². The molecule has 0 fully saturated rings. The Morgan fingerprint density at radius 2 is 0.500 bits per heavy atom. The van der Waals surface area contributed by atoms with Gasteiger partial charge in [0.05, 0.1) is 0 Å². The number of carbonyl (C=O) groups is 3. The highest BCUT2D eigenvalue weighted by molar-refractivity contribution is 5.71. The van der Waals surface area contributed by atoms with Crippen molar-refractivity contribution in [2.45, 2.75) is 290 Å². The third-order valence-corrected chi connectivity index (χ3v) is 13.4. The average molecular weight is 1080 g/mol. The van der Waals surface area contributed by atoms with Crippen LogP contribution in [0.3, 0.4) is 0 Å². The number of rotatable bonds is 57. The van der Waals surface area contributed by atoms with Crippen LogP contribution in [0.25, 0.3) is 0 Å². The van der Waals surface area contributed by atoms with Gasteiger partial charge >= 0.3 is 17.9 Å². The SMILES string of the molecule is CC/C=C\C/C=C\C/C=C\C/C=C\C/C=C\C/C=C\C/C=C\C/C=C\C/C=C\CCCCCCCCCC(=O)OCC(COC(=O)CCCCCCCCCC)OC(=O)CCCCCCCCC/C=C\C/C=C\CCCCC. The summed E-state index contributed by atoms with van der Waals surface area (Å²) in [5.74, 6) is -0.908. The summed E-state index contributed by atoms with van der Waals surface area (Å²) in [7, 11) is 0. The van der Waals surface area contributed by atoms with E-state index < -0.39 is 6.10 Å². The highest BCUT2D eigenvalue weighted by Crippen LogP contribution is 2.15. The predicted octanol–water partition coefficient (Wildman–Crippen LogP) is 22.2. The van der Waals surface area contributed by atoms with E-state index in [0.717, 1.165) is 135 Å². The maximum absolute atomic E-state index is 12.8. The topological polar surface area (TPSA) is 78.9 Å². The van der Waals surface area contributed by atoms with Crippen molar-refractivity contribution < 1.29 is 28.6 Å². The van der Waals surface area contributed by atoms with Crippen molar-refractivity contribution in [1.29, 1.82) is 0 Å². The molecule has 0 aliphatic heterocycles. The predicted molar refractivity (Wildman–Crippen MR) is 339 cm³/mol. The second kappa shape index (κ2) is 65.1. The fourth-order valence-electron chi connectivity index (χ4n) is 8.58. The van der Waals surface area contributed by atoms with Crippen LogP contribution in [0.2, 0.25) is 0 Å². The molecule has 0 aliphatic rings. The van der Waals surface area contributed by atoms with E-state index in [4.69, 9.17) is 14.2 Å². The molecular weight excluding hydrogens is 961 g/mol. The molecule has 0 bridgehead atoms. The summed E-state index contributed by atoms with van der Waals surface area (Å²) in [5.41, 5.74) is 0. The maximum Gasteiger partial charge on any atom is 0.306 e.